The molecule has 96 valence electrons. The maximum atomic E-state index is 11.7. The van der Waals surface area contributed by atoms with Gasteiger partial charge >= 0.3 is 12.0 Å². The van der Waals surface area contributed by atoms with E-state index in [9.17, 15) is 9.59 Å². The molecule has 2 rings (SSSR count). The van der Waals surface area contributed by atoms with Crippen LogP contribution in [-0.4, -0.2) is 45.8 Å². The summed E-state index contributed by atoms with van der Waals surface area (Å²) in [6.07, 6.45) is 3.16. The lowest BCUT2D eigenvalue weighted by Gasteiger charge is -2.23. The first-order valence-electron chi connectivity index (χ1n) is 5.30. The van der Waals surface area contributed by atoms with Gasteiger partial charge in [0.1, 0.15) is 0 Å². The number of hydrogen-bond acceptors (Lipinski definition) is 5. The van der Waals surface area contributed by atoms with Gasteiger partial charge in [0.25, 0.3) is 0 Å². The number of nitrogens with one attached hydrogen (secondary N) is 2. The molecular formula is C10H12N4O4. The van der Waals surface area contributed by atoms with E-state index in [0.29, 0.717) is 6.61 Å². The lowest BCUT2D eigenvalue weighted by molar-refractivity contribution is -0.144. The molecule has 0 saturated carbocycles. The van der Waals surface area contributed by atoms with Crippen molar-refractivity contribution in [2.75, 3.05) is 18.5 Å². The molecule has 2 amide bonds. The fourth-order valence-corrected chi connectivity index (χ4v) is 1.60. The number of ether oxygens (including phenoxy) is 1. The third-order valence-corrected chi connectivity index (χ3v) is 2.57. The summed E-state index contributed by atoms with van der Waals surface area (Å²) in [7, 11) is 0. The van der Waals surface area contributed by atoms with E-state index >= 15 is 0 Å². The Hall–Kier alpha value is -2.22. The summed E-state index contributed by atoms with van der Waals surface area (Å²) in [6.45, 7) is 0.250. The van der Waals surface area contributed by atoms with E-state index in [1.165, 1.54) is 12.4 Å². The summed E-state index contributed by atoms with van der Waals surface area (Å²) < 4.78 is 5.02. The summed E-state index contributed by atoms with van der Waals surface area (Å²) in [5.41, 5.74) is -1.38. The molecule has 2 heterocycles. The fraction of sp³-hybridized carbons (Fsp3) is 0.400. The van der Waals surface area contributed by atoms with Crippen molar-refractivity contribution in [3.63, 3.8) is 0 Å². The van der Waals surface area contributed by atoms with Crippen LogP contribution in [0.4, 0.5) is 10.7 Å². The summed E-state index contributed by atoms with van der Waals surface area (Å²) in [5.74, 6) is -1.02. The minimum absolute atomic E-state index is 0.0502. The second kappa shape index (κ2) is 4.96. The largest absolute Gasteiger partial charge is 0.479 e. The summed E-state index contributed by atoms with van der Waals surface area (Å²) >= 11 is 0. The minimum atomic E-state index is -1.38. The maximum absolute atomic E-state index is 11.7. The van der Waals surface area contributed by atoms with Crippen molar-refractivity contribution < 1.29 is 19.4 Å². The Morgan fingerprint density at radius 2 is 2.11 bits per heavy atom. The molecule has 8 nitrogen and oxygen atoms in total. The molecule has 18 heavy (non-hydrogen) atoms. The van der Waals surface area contributed by atoms with Gasteiger partial charge in [-0.25, -0.2) is 19.6 Å². The highest BCUT2D eigenvalue weighted by molar-refractivity contribution is 5.93. The van der Waals surface area contributed by atoms with Crippen molar-refractivity contribution in [2.24, 2.45) is 0 Å². The highest BCUT2D eigenvalue weighted by Crippen LogP contribution is 2.19. The van der Waals surface area contributed by atoms with E-state index in [1.807, 2.05) is 0 Å². The molecule has 3 N–H and O–H groups in total. The SMILES string of the molecule is O=C(Nc1ncccn1)NC1(C(=O)O)CCOC1. The number of rotatable bonds is 3. The molecule has 0 bridgehead atoms. The fourth-order valence-electron chi connectivity index (χ4n) is 1.60. The summed E-state index contributed by atoms with van der Waals surface area (Å²) in [4.78, 5) is 30.4. The smallest absolute Gasteiger partial charge is 0.332 e. The number of aromatic nitrogens is 2. The second-order valence-corrected chi connectivity index (χ2v) is 3.84. The number of nitrogens with zero attached hydrogens (tertiary/aromatic N) is 2. The first-order chi connectivity index (χ1) is 8.62. The average Bonchev–Trinajstić information content (AvgIpc) is 2.80. The van der Waals surface area contributed by atoms with Gasteiger partial charge in [0.2, 0.25) is 5.95 Å². The Kier molecular flexibility index (Phi) is 3.38. The Bertz CT molecular complexity index is 444. The zero-order chi connectivity index (χ0) is 13.0. The molecular weight excluding hydrogens is 240 g/mol. The highest BCUT2D eigenvalue weighted by Gasteiger charge is 2.44. The third kappa shape index (κ3) is 2.54. The van der Waals surface area contributed by atoms with Gasteiger partial charge < -0.3 is 15.2 Å². The van der Waals surface area contributed by atoms with Crippen LogP contribution in [-0.2, 0) is 9.53 Å². The summed E-state index contributed by atoms with van der Waals surface area (Å²) in [6, 6.07) is 0.932. The van der Waals surface area contributed by atoms with Gasteiger partial charge in [-0.2, -0.15) is 0 Å². The van der Waals surface area contributed by atoms with E-state index < -0.39 is 17.5 Å². The van der Waals surface area contributed by atoms with Gasteiger partial charge in [0, 0.05) is 25.4 Å². The topological polar surface area (TPSA) is 113 Å². The number of carbonyl (C=O) groups excluding carboxylic acids is 1. The molecule has 1 aliphatic heterocycles. The molecule has 0 radical (unpaired) electrons. The van der Waals surface area contributed by atoms with Crippen LogP contribution in [0.3, 0.4) is 0 Å². The van der Waals surface area contributed by atoms with Crippen molar-refractivity contribution >= 4 is 17.9 Å². The Morgan fingerprint density at radius 3 is 2.67 bits per heavy atom. The molecule has 1 saturated heterocycles. The van der Waals surface area contributed by atoms with Crippen molar-refractivity contribution in [3.8, 4) is 0 Å². The third-order valence-electron chi connectivity index (χ3n) is 2.57. The van der Waals surface area contributed by atoms with Crippen molar-refractivity contribution in [2.45, 2.75) is 12.0 Å². The lowest BCUT2D eigenvalue weighted by atomic mass is 9.99. The van der Waals surface area contributed by atoms with E-state index in [4.69, 9.17) is 9.84 Å². The lowest BCUT2D eigenvalue weighted by Crippen LogP contribution is -2.56. The van der Waals surface area contributed by atoms with Crippen molar-refractivity contribution in [1.82, 2.24) is 15.3 Å². The average molecular weight is 252 g/mol. The summed E-state index contributed by atoms with van der Waals surface area (Å²) in [5, 5.41) is 13.9. The normalized spacial score (nSPS) is 22.4. The van der Waals surface area contributed by atoms with E-state index in [2.05, 4.69) is 20.6 Å². The Morgan fingerprint density at radius 1 is 1.39 bits per heavy atom. The number of amides is 2. The first kappa shape index (κ1) is 12.2. The standard InChI is InChI=1S/C10H12N4O4/c15-7(16)10(2-5-18-6-10)14-9(17)13-8-11-3-1-4-12-8/h1,3-4H,2,5-6H2,(H,15,16)(H2,11,12,13,14,17). The number of carboxylic acid groups (broad SMARTS) is 1. The van der Waals surface area contributed by atoms with Crippen LogP contribution in [0, 0.1) is 0 Å². The van der Waals surface area contributed by atoms with Crippen LogP contribution in [0.1, 0.15) is 6.42 Å². The molecule has 1 aromatic heterocycles. The number of hydrogen-bond donors (Lipinski definition) is 3. The predicted molar refractivity (Wildman–Crippen MR) is 60.0 cm³/mol. The number of urea groups is 1. The van der Waals surface area contributed by atoms with Crippen molar-refractivity contribution in [3.05, 3.63) is 18.5 Å². The van der Waals surface area contributed by atoms with Gasteiger partial charge in [-0.1, -0.05) is 0 Å². The first-order valence-corrected chi connectivity index (χ1v) is 5.30. The van der Waals surface area contributed by atoms with Crippen LogP contribution in [0.25, 0.3) is 0 Å². The van der Waals surface area contributed by atoms with Crippen LogP contribution in [0.15, 0.2) is 18.5 Å². The molecule has 0 aromatic carbocycles. The maximum Gasteiger partial charge on any atom is 0.332 e. The van der Waals surface area contributed by atoms with Gasteiger partial charge in [-0.3, -0.25) is 5.32 Å². The molecule has 0 spiro atoms. The Balaban J connectivity index is 2.00. The van der Waals surface area contributed by atoms with Crippen LogP contribution in [0.2, 0.25) is 0 Å². The van der Waals surface area contributed by atoms with E-state index in [1.54, 1.807) is 6.07 Å². The van der Waals surface area contributed by atoms with Gasteiger partial charge in [0.15, 0.2) is 5.54 Å². The predicted octanol–water partition coefficient (Wildman–Crippen LogP) is -0.158. The molecule has 1 aromatic rings. The second-order valence-electron chi connectivity index (χ2n) is 3.84. The number of aliphatic carboxylic acids is 1. The highest BCUT2D eigenvalue weighted by atomic mass is 16.5. The molecule has 1 aliphatic rings. The van der Waals surface area contributed by atoms with E-state index in [0.717, 1.165) is 0 Å². The quantitative estimate of drug-likeness (QED) is 0.689. The zero-order valence-electron chi connectivity index (χ0n) is 9.42. The van der Waals surface area contributed by atoms with Gasteiger partial charge in [-0.15, -0.1) is 0 Å². The number of carbonyl (C=O) groups is 2. The molecule has 1 unspecified atom stereocenters. The van der Waals surface area contributed by atoms with Gasteiger partial charge in [0.05, 0.1) is 6.61 Å². The van der Waals surface area contributed by atoms with Crippen molar-refractivity contribution in [1.29, 1.82) is 0 Å². The van der Waals surface area contributed by atoms with E-state index in [-0.39, 0.29) is 19.0 Å². The van der Waals surface area contributed by atoms with Crippen LogP contribution >= 0.6 is 0 Å². The monoisotopic (exact) mass is 252 g/mol. The zero-order valence-corrected chi connectivity index (χ0v) is 9.42. The number of carboxylic acids is 1. The van der Waals surface area contributed by atoms with Gasteiger partial charge in [-0.05, 0) is 6.07 Å². The minimum Gasteiger partial charge on any atom is -0.479 e. The molecule has 0 aliphatic carbocycles. The molecule has 1 atom stereocenters. The Labute approximate surface area is 102 Å². The van der Waals surface area contributed by atoms with Crippen LogP contribution < -0.4 is 10.6 Å². The van der Waals surface area contributed by atoms with Crippen LogP contribution in [0.5, 0.6) is 0 Å². The number of anilines is 1. The molecule has 8 heteroatoms. The molecule has 1 fully saturated rings.